The molecule has 3 aromatic heterocycles. The van der Waals surface area contributed by atoms with Crippen molar-refractivity contribution in [1.29, 1.82) is 5.26 Å². The first-order valence-corrected chi connectivity index (χ1v) is 16.3. The summed E-state index contributed by atoms with van der Waals surface area (Å²) in [5.74, 6) is -1.21. The lowest BCUT2D eigenvalue weighted by Gasteiger charge is -2.32. The van der Waals surface area contributed by atoms with Crippen LogP contribution in [0.3, 0.4) is 0 Å². The Morgan fingerprint density at radius 3 is 2.91 bits per heavy atom. The van der Waals surface area contributed by atoms with Crippen LogP contribution in [0.1, 0.15) is 38.2 Å². The maximum absolute atomic E-state index is 16.8. The van der Waals surface area contributed by atoms with Gasteiger partial charge < -0.3 is 20.3 Å². The average Bonchev–Trinajstić information content (AvgIpc) is 3.80. The number of likely N-dealkylation sites (tertiary alicyclic amines) is 1. The van der Waals surface area contributed by atoms with Crippen LogP contribution < -0.4 is 15.4 Å². The Balaban J connectivity index is 1.35. The van der Waals surface area contributed by atoms with Crippen LogP contribution in [0.5, 0.6) is 6.01 Å². The molecule has 1 amide bonds. The second kappa shape index (κ2) is 11.6. The van der Waals surface area contributed by atoms with Gasteiger partial charge in [-0.3, -0.25) is 14.7 Å². The lowest BCUT2D eigenvalue weighted by atomic mass is 9.95. The summed E-state index contributed by atoms with van der Waals surface area (Å²) >= 11 is 0.914. The van der Waals surface area contributed by atoms with E-state index in [1.165, 1.54) is 24.4 Å². The van der Waals surface area contributed by atoms with Crippen molar-refractivity contribution in [1.82, 2.24) is 24.8 Å². The van der Waals surface area contributed by atoms with Gasteiger partial charge in [-0.25, -0.2) is 13.2 Å². The number of ether oxygens (including phenoxy) is 1. The van der Waals surface area contributed by atoms with Gasteiger partial charge in [0, 0.05) is 49.7 Å². The van der Waals surface area contributed by atoms with Gasteiger partial charge in [-0.1, -0.05) is 6.58 Å². The van der Waals surface area contributed by atoms with E-state index >= 15 is 4.39 Å². The van der Waals surface area contributed by atoms with Gasteiger partial charge in [0.1, 0.15) is 46.7 Å². The van der Waals surface area contributed by atoms with E-state index in [-0.39, 0.29) is 68.0 Å². The van der Waals surface area contributed by atoms with Crippen LogP contribution in [0, 0.1) is 23.0 Å². The molecule has 6 heterocycles. The second-order valence-electron chi connectivity index (χ2n) is 12.6. The highest BCUT2D eigenvalue weighted by atomic mass is 32.1. The van der Waals surface area contributed by atoms with E-state index in [9.17, 15) is 18.8 Å². The van der Waals surface area contributed by atoms with Crippen molar-refractivity contribution >= 4 is 49.1 Å². The van der Waals surface area contributed by atoms with E-state index in [2.05, 4.69) is 21.4 Å². The molecular weight excluding hydrogens is 629 g/mol. The summed E-state index contributed by atoms with van der Waals surface area (Å²) in [7, 11) is 1.82. The first-order valence-electron chi connectivity index (χ1n) is 15.5. The van der Waals surface area contributed by atoms with E-state index in [1.54, 1.807) is 4.90 Å². The number of nitrogen functional groups attached to an aromatic ring is 1. The number of amides is 1. The number of thiophene rings is 1. The monoisotopic (exact) mass is 662 g/mol. The van der Waals surface area contributed by atoms with E-state index in [1.807, 2.05) is 24.9 Å². The molecule has 3 aliphatic heterocycles. The highest BCUT2D eigenvalue weighted by Gasteiger charge is 2.49. The van der Waals surface area contributed by atoms with Crippen LogP contribution in [0.15, 0.2) is 31.0 Å². The fourth-order valence-corrected chi connectivity index (χ4v) is 8.66. The van der Waals surface area contributed by atoms with E-state index in [0.717, 1.165) is 30.7 Å². The van der Waals surface area contributed by atoms with Crippen LogP contribution in [-0.2, 0) is 4.79 Å². The quantitative estimate of drug-likeness (QED) is 0.266. The van der Waals surface area contributed by atoms with Gasteiger partial charge in [0.15, 0.2) is 5.82 Å². The van der Waals surface area contributed by atoms with Gasteiger partial charge in [-0.2, -0.15) is 15.2 Å². The van der Waals surface area contributed by atoms with Gasteiger partial charge in [-0.05, 0) is 50.9 Å². The number of aromatic nitrogens is 3. The number of carbonyl (C=O) groups is 1. The number of hydrogen-bond donors (Lipinski definition) is 1. The van der Waals surface area contributed by atoms with E-state index in [0.29, 0.717) is 37.1 Å². The number of nitrogens with two attached hydrogens (primary N) is 1. The fraction of sp³-hybridized carbons (Fsp3) is 0.424. The number of alkyl halides is 1. The summed E-state index contributed by atoms with van der Waals surface area (Å²) in [5, 5.41) is 10.4. The molecule has 0 radical (unpaired) electrons. The van der Waals surface area contributed by atoms with Gasteiger partial charge in [-0.15, -0.1) is 11.3 Å². The Morgan fingerprint density at radius 1 is 1.34 bits per heavy atom. The zero-order chi connectivity index (χ0) is 33.2. The Morgan fingerprint density at radius 2 is 2.15 bits per heavy atom. The average molecular weight is 663 g/mol. The topological polar surface area (TPSA) is 125 Å². The van der Waals surface area contributed by atoms with Gasteiger partial charge in [0.25, 0.3) is 0 Å². The molecule has 2 N–H and O–H groups in total. The molecule has 3 saturated heterocycles. The fourth-order valence-electron chi connectivity index (χ4n) is 7.71. The van der Waals surface area contributed by atoms with Crippen LogP contribution in [0.2, 0.25) is 0 Å². The van der Waals surface area contributed by atoms with Crippen LogP contribution in [0.25, 0.3) is 32.2 Å². The van der Waals surface area contributed by atoms with Crippen molar-refractivity contribution in [2.24, 2.45) is 0 Å². The smallest absolute Gasteiger partial charge is 0.319 e. The molecule has 0 bridgehead atoms. The standard InChI is InChI=1S/C33H33F3N8O2S/c1-4-24(45)44-11-8-23(17(44)2)42(3)31-21-14-39-27(19-6-7-22(35)29-25(19)20(13-37)30(38)47-29)26(36)28(21)40-32(41-31)46-16-33-9-5-10-43(33)15-18(34)12-33/h4,6-7,14,17-18,23H,1,5,8-12,15-16,38H2,2-3H3/t17-,18-,23-,33+/m1/s1. The molecule has 0 unspecified atom stereocenters. The summed E-state index contributed by atoms with van der Waals surface area (Å²) in [4.78, 5) is 31.9. The zero-order valence-electron chi connectivity index (χ0n) is 26.0. The lowest BCUT2D eigenvalue weighted by Crippen LogP contribution is -2.44. The van der Waals surface area contributed by atoms with Crippen molar-refractivity contribution in [3.63, 3.8) is 0 Å². The minimum absolute atomic E-state index is 0.0462. The van der Waals surface area contributed by atoms with Crippen molar-refractivity contribution in [3.8, 4) is 23.3 Å². The van der Waals surface area contributed by atoms with Crippen LogP contribution in [-0.4, -0.2) is 87.7 Å². The first-order chi connectivity index (χ1) is 22.6. The van der Waals surface area contributed by atoms with Gasteiger partial charge in [0.2, 0.25) is 5.91 Å². The number of anilines is 2. The number of nitrogens with zero attached hydrogens (tertiary/aromatic N) is 7. The van der Waals surface area contributed by atoms with Gasteiger partial charge in [0.05, 0.1) is 27.2 Å². The third-order valence-electron chi connectivity index (χ3n) is 10.1. The number of nitriles is 1. The van der Waals surface area contributed by atoms with E-state index < -0.39 is 23.3 Å². The zero-order valence-corrected chi connectivity index (χ0v) is 26.8. The molecule has 10 nitrogen and oxygen atoms in total. The predicted molar refractivity (Wildman–Crippen MR) is 174 cm³/mol. The summed E-state index contributed by atoms with van der Waals surface area (Å²) in [6, 6.07) is 4.12. The van der Waals surface area contributed by atoms with Gasteiger partial charge >= 0.3 is 6.01 Å². The maximum atomic E-state index is 16.8. The molecule has 3 aliphatic rings. The molecule has 14 heteroatoms. The normalized spacial score (nSPS) is 24.2. The molecule has 0 spiro atoms. The first kappa shape index (κ1) is 31.1. The number of halogens is 3. The molecule has 244 valence electrons. The lowest BCUT2D eigenvalue weighted by molar-refractivity contribution is -0.126. The Hall–Kier alpha value is -4.48. The number of rotatable bonds is 7. The SMILES string of the molecule is C=CC(=O)N1CC[C@@H](N(C)c2nc(OC[C@@]34CCCN3C[C@H](F)C4)nc3c(F)c(-c4ccc(F)c5sc(N)c(C#N)c45)ncc23)[C@H]1C. The van der Waals surface area contributed by atoms with Crippen LogP contribution >= 0.6 is 11.3 Å². The number of fused-ring (bicyclic) bond motifs is 3. The minimum Gasteiger partial charge on any atom is -0.461 e. The second-order valence-corrected chi connectivity index (χ2v) is 13.6. The van der Waals surface area contributed by atoms with Crippen LogP contribution in [0.4, 0.5) is 24.0 Å². The maximum Gasteiger partial charge on any atom is 0.319 e. The molecule has 4 atom stereocenters. The molecule has 1 aromatic carbocycles. The molecule has 0 aliphatic carbocycles. The molecule has 0 saturated carbocycles. The number of likely N-dealkylation sites (N-methyl/N-ethyl adjacent to an activating group) is 1. The number of pyridine rings is 1. The van der Waals surface area contributed by atoms with Crippen molar-refractivity contribution in [2.75, 3.05) is 43.9 Å². The third kappa shape index (κ3) is 4.94. The Labute approximate surface area is 273 Å². The summed E-state index contributed by atoms with van der Waals surface area (Å²) < 4.78 is 52.4. The summed E-state index contributed by atoms with van der Waals surface area (Å²) in [5.41, 5.74) is 5.58. The van der Waals surface area contributed by atoms with Crippen molar-refractivity contribution < 1.29 is 22.7 Å². The summed E-state index contributed by atoms with van der Waals surface area (Å²) in [6.45, 7) is 7.34. The number of carbonyl (C=O) groups excluding carboxylic acids is 1. The predicted octanol–water partition coefficient (Wildman–Crippen LogP) is 5.21. The number of hydrogen-bond acceptors (Lipinski definition) is 10. The molecule has 47 heavy (non-hydrogen) atoms. The third-order valence-corrected chi connectivity index (χ3v) is 11.1. The van der Waals surface area contributed by atoms with E-state index in [4.69, 9.17) is 15.5 Å². The molecule has 7 rings (SSSR count). The molecule has 3 fully saturated rings. The number of benzene rings is 1. The van der Waals surface area contributed by atoms with Crippen molar-refractivity contribution in [3.05, 3.63) is 48.2 Å². The molecular formula is C33H33F3N8O2S. The highest BCUT2D eigenvalue weighted by Crippen LogP contribution is 2.43. The largest absolute Gasteiger partial charge is 0.461 e. The highest BCUT2D eigenvalue weighted by molar-refractivity contribution is 7.23. The minimum atomic E-state index is -0.953. The molecule has 4 aromatic rings. The Bertz CT molecular complexity index is 1980. The van der Waals surface area contributed by atoms with Crippen molar-refractivity contribution in [2.45, 2.75) is 56.4 Å². The summed E-state index contributed by atoms with van der Waals surface area (Å²) in [6.07, 6.45) is 4.46. The Kier molecular flexibility index (Phi) is 7.71.